The molecule has 0 aliphatic heterocycles. The van der Waals surface area contributed by atoms with Gasteiger partial charge < -0.3 is 14.5 Å². The second-order valence-electron chi connectivity index (χ2n) is 7.37. The van der Waals surface area contributed by atoms with Gasteiger partial charge in [0.2, 0.25) is 0 Å². The van der Waals surface area contributed by atoms with Crippen molar-refractivity contribution < 1.29 is 9.47 Å². The van der Waals surface area contributed by atoms with Gasteiger partial charge in [-0.2, -0.15) is 5.10 Å². The van der Waals surface area contributed by atoms with E-state index in [1.54, 1.807) is 36.4 Å². The van der Waals surface area contributed by atoms with Gasteiger partial charge in [-0.05, 0) is 49.2 Å². The topological polar surface area (TPSA) is 85.7 Å². The van der Waals surface area contributed by atoms with Crippen LogP contribution >= 0.6 is 11.6 Å². The van der Waals surface area contributed by atoms with Crippen molar-refractivity contribution in [3.8, 4) is 11.5 Å². The van der Waals surface area contributed by atoms with Gasteiger partial charge in [-0.25, -0.2) is 4.79 Å². The Morgan fingerprint density at radius 1 is 1.06 bits per heavy atom. The van der Waals surface area contributed by atoms with Crippen LogP contribution in [0.3, 0.4) is 0 Å². The number of halogens is 1. The molecule has 0 bridgehead atoms. The predicted octanol–water partition coefficient (Wildman–Crippen LogP) is 4.51. The summed E-state index contributed by atoms with van der Waals surface area (Å²) in [5.41, 5.74) is 2.02. The smallest absolute Gasteiger partial charge is 0.349 e. The Labute approximate surface area is 194 Å². The van der Waals surface area contributed by atoms with Crippen LogP contribution in [-0.4, -0.2) is 22.5 Å². The maximum Gasteiger partial charge on any atom is 0.349 e. The molecule has 33 heavy (non-hydrogen) atoms. The first-order valence-electron chi connectivity index (χ1n) is 10.4. The summed E-state index contributed by atoms with van der Waals surface area (Å²) in [6.45, 7) is 4.61. The number of rotatable bonds is 7. The summed E-state index contributed by atoms with van der Waals surface area (Å²) in [5.74, 6) is 0.857. The van der Waals surface area contributed by atoms with Crippen molar-refractivity contribution in [1.82, 2.24) is 9.66 Å². The molecule has 4 aromatic rings. The number of para-hydroxylation sites is 1. The lowest BCUT2D eigenvalue weighted by atomic mass is 10.1. The first-order chi connectivity index (χ1) is 16.0. The van der Waals surface area contributed by atoms with E-state index >= 15 is 0 Å². The fraction of sp³-hybridized carbons (Fsp3) is 0.160. The zero-order valence-electron chi connectivity index (χ0n) is 18.2. The highest BCUT2D eigenvalue weighted by Crippen LogP contribution is 2.37. The predicted molar refractivity (Wildman–Crippen MR) is 130 cm³/mol. The molecule has 168 valence electrons. The first-order valence-corrected chi connectivity index (χ1v) is 10.8. The van der Waals surface area contributed by atoms with Gasteiger partial charge in [-0.15, -0.1) is 4.68 Å². The van der Waals surface area contributed by atoms with E-state index in [4.69, 9.17) is 21.1 Å². The van der Waals surface area contributed by atoms with E-state index in [-0.39, 0.29) is 0 Å². The third kappa shape index (κ3) is 4.99. The Hall–Kier alpha value is -3.84. The fourth-order valence-corrected chi connectivity index (χ4v) is 3.56. The number of aromatic nitrogens is 2. The minimum Gasteiger partial charge on any atom is -0.490 e. The van der Waals surface area contributed by atoms with Gasteiger partial charge in [0, 0.05) is 0 Å². The molecule has 0 aliphatic carbocycles. The molecule has 0 amide bonds. The molecule has 8 heteroatoms. The summed E-state index contributed by atoms with van der Waals surface area (Å²) in [7, 11) is 0. The summed E-state index contributed by atoms with van der Waals surface area (Å²) in [4.78, 5) is 27.6. The summed E-state index contributed by atoms with van der Waals surface area (Å²) < 4.78 is 12.4. The molecule has 0 saturated heterocycles. The Morgan fingerprint density at radius 2 is 1.82 bits per heavy atom. The number of hydrogen-bond donors (Lipinski definition) is 1. The number of ether oxygens (including phenoxy) is 2. The number of hydrogen-bond acceptors (Lipinski definition) is 5. The monoisotopic (exact) mass is 463 g/mol. The zero-order chi connectivity index (χ0) is 23.4. The molecule has 0 aliphatic rings. The highest BCUT2D eigenvalue weighted by Gasteiger charge is 2.13. The highest BCUT2D eigenvalue weighted by molar-refractivity contribution is 6.32. The van der Waals surface area contributed by atoms with Gasteiger partial charge in [-0.3, -0.25) is 4.79 Å². The number of aromatic amines is 1. The molecule has 0 unspecified atom stereocenters. The molecule has 7 nitrogen and oxygen atoms in total. The van der Waals surface area contributed by atoms with Gasteiger partial charge in [-0.1, -0.05) is 53.6 Å². The van der Waals surface area contributed by atoms with E-state index in [2.05, 4.69) is 10.1 Å². The lowest BCUT2D eigenvalue weighted by molar-refractivity contribution is 0.269. The van der Waals surface area contributed by atoms with Gasteiger partial charge in [0.05, 0.1) is 28.7 Å². The molecule has 0 radical (unpaired) electrons. The Kier molecular flexibility index (Phi) is 6.60. The van der Waals surface area contributed by atoms with E-state index in [0.29, 0.717) is 46.2 Å². The SMILES string of the molecule is CCOc1cc(C=Nn2c(=O)[nH]c3ccccc3c2=O)cc(Cl)c1OCc1ccc(C)cc1. The summed E-state index contributed by atoms with van der Waals surface area (Å²) >= 11 is 6.48. The average molecular weight is 464 g/mol. The molecule has 0 fully saturated rings. The van der Waals surface area contributed by atoms with Crippen molar-refractivity contribution in [2.24, 2.45) is 5.10 Å². The molecule has 1 heterocycles. The van der Waals surface area contributed by atoms with Crippen molar-refractivity contribution in [1.29, 1.82) is 0 Å². The van der Waals surface area contributed by atoms with Crippen LogP contribution in [0.15, 0.2) is 75.4 Å². The number of fused-ring (bicyclic) bond motifs is 1. The third-order valence-corrected chi connectivity index (χ3v) is 5.22. The van der Waals surface area contributed by atoms with Gasteiger partial charge >= 0.3 is 5.69 Å². The second-order valence-corrected chi connectivity index (χ2v) is 7.78. The van der Waals surface area contributed by atoms with Crippen LogP contribution in [0.5, 0.6) is 11.5 Å². The van der Waals surface area contributed by atoms with Crippen LogP contribution in [0, 0.1) is 6.92 Å². The molecule has 0 saturated carbocycles. The van der Waals surface area contributed by atoms with E-state index in [1.807, 2.05) is 38.1 Å². The number of nitrogens with zero attached hydrogens (tertiary/aromatic N) is 2. The van der Waals surface area contributed by atoms with Gasteiger partial charge in [0.15, 0.2) is 11.5 Å². The van der Waals surface area contributed by atoms with Crippen LogP contribution < -0.4 is 20.7 Å². The van der Waals surface area contributed by atoms with Crippen molar-refractivity contribution in [2.75, 3.05) is 6.61 Å². The van der Waals surface area contributed by atoms with Crippen molar-refractivity contribution in [3.63, 3.8) is 0 Å². The van der Waals surface area contributed by atoms with Crippen LogP contribution in [0.1, 0.15) is 23.6 Å². The lowest BCUT2D eigenvalue weighted by Crippen LogP contribution is -2.32. The molecular formula is C25H22ClN3O4. The number of benzene rings is 3. The Balaban J connectivity index is 1.64. The normalized spacial score (nSPS) is 11.2. The van der Waals surface area contributed by atoms with Gasteiger partial charge in [0.1, 0.15) is 6.61 Å². The minimum absolute atomic E-state index is 0.328. The Morgan fingerprint density at radius 3 is 2.58 bits per heavy atom. The third-order valence-electron chi connectivity index (χ3n) is 4.94. The second kappa shape index (κ2) is 9.75. The largest absolute Gasteiger partial charge is 0.490 e. The molecule has 4 rings (SSSR count). The van der Waals surface area contributed by atoms with E-state index in [0.717, 1.165) is 10.2 Å². The van der Waals surface area contributed by atoms with E-state index < -0.39 is 11.2 Å². The number of H-pyrrole nitrogens is 1. The average Bonchev–Trinajstić information content (AvgIpc) is 2.80. The standard InChI is InChI=1S/C25H22ClN3O4/c1-3-32-22-13-18(12-20(26)23(22)33-15-17-10-8-16(2)9-11-17)14-27-29-24(30)19-6-4-5-7-21(19)28-25(29)31/h4-14H,3,15H2,1-2H3,(H,28,31). The summed E-state index contributed by atoms with van der Waals surface area (Å²) in [5, 5.41) is 4.77. The van der Waals surface area contributed by atoms with Crippen molar-refractivity contribution >= 4 is 28.7 Å². The van der Waals surface area contributed by atoms with Crippen LogP contribution in [0.2, 0.25) is 5.02 Å². The highest BCUT2D eigenvalue weighted by atomic mass is 35.5. The molecule has 0 spiro atoms. The molecular weight excluding hydrogens is 442 g/mol. The maximum absolute atomic E-state index is 12.7. The molecule has 0 atom stereocenters. The van der Waals surface area contributed by atoms with Gasteiger partial charge in [0.25, 0.3) is 5.56 Å². The van der Waals surface area contributed by atoms with Crippen molar-refractivity contribution in [3.05, 3.63) is 103 Å². The molecule has 3 aromatic carbocycles. The van der Waals surface area contributed by atoms with E-state index in [1.165, 1.54) is 11.8 Å². The van der Waals surface area contributed by atoms with E-state index in [9.17, 15) is 9.59 Å². The fourth-order valence-electron chi connectivity index (χ4n) is 3.29. The lowest BCUT2D eigenvalue weighted by Gasteiger charge is -2.14. The van der Waals surface area contributed by atoms with Crippen molar-refractivity contribution in [2.45, 2.75) is 20.5 Å². The van der Waals surface area contributed by atoms with Crippen LogP contribution in [-0.2, 0) is 6.61 Å². The molecule has 1 aromatic heterocycles. The summed E-state index contributed by atoms with van der Waals surface area (Å²) in [6, 6.07) is 18.1. The number of nitrogens with one attached hydrogen (secondary N) is 1. The van der Waals surface area contributed by atoms with Crippen LogP contribution in [0.4, 0.5) is 0 Å². The minimum atomic E-state index is -0.635. The summed E-state index contributed by atoms with van der Waals surface area (Å²) in [6.07, 6.45) is 1.38. The zero-order valence-corrected chi connectivity index (χ0v) is 18.9. The quantitative estimate of drug-likeness (QED) is 0.408. The van der Waals surface area contributed by atoms with Crippen LogP contribution in [0.25, 0.3) is 10.9 Å². The molecule has 1 N–H and O–H groups in total. The maximum atomic E-state index is 12.7. The number of aryl methyl sites for hydroxylation is 1. The first kappa shape index (κ1) is 22.4. The Bertz CT molecular complexity index is 1440.